The lowest BCUT2D eigenvalue weighted by Gasteiger charge is -2.36. The summed E-state index contributed by atoms with van der Waals surface area (Å²) in [4.78, 5) is 18.7. The summed E-state index contributed by atoms with van der Waals surface area (Å²) in [5.41, 5.74) is 1.42. The van der Waals surface area contributed by atoms with Gasteiger partial charge in [0, 0.05) is 43.0 Å². The summed E-state index contributed by atoms with van der Waals surface area (Å²) in [5, 5.41) is 6.80. The number of carbonyl (C=O) groups is 1. The van der Waals surface area contributed by atoms with E-state index in [-0.39, 0.29) is 29.6 Å². The molecule has 1 aliphatic rings. The Labute approximate surface area is 190 Å². The van der Waals surface area contributed by atoms with Crippen LogP contribution in [0.1, 0.15) is 17.9 Å². The molecule has 2 radical (unpaired) electrons. The van der Waals surface area contributed by atoms with E-state index < -0.39 is 18.1 Å². The van der Waals surface area contributed by atoms with E-state index in [0.717, 1.165) is 19.2 Å². The van der Waals surface area contributed by atoms with Crippen LogP contribution in [0.3, 0.4) is 0 Å². The Bertz CT molecular complexity index is 1130. The lowest BCUT2D eigenvalue weighted by molar-refractivity contribution is 0.116. The van der Waals surface area contributed by atoms with E-state index >= 15 is 0 Å². The highest BCUT2D eigenvalue weighted by atomic mass is 19.3. The van der Waals surface area contributed by atoms with Crippen LogP contribution in [0.5, 0.6) is 0 Å². The number of hydrogen-bond donors (Lipinski definition) is 0. The molecule has 0 saturated carbocycles. The van der Waals surface area contributed by atoms with Crippen molar-refractivity contribution in [2.24, 2.45) is 0 Å². The van der Waals surface area contributed by atoms with Crippen LogP contribution in [0.15, 0.2) is 46.9 Å². The standard InChI is InChI=1S/C22H21BF3N5O2/c1-29-7-9-30(10-8-29)22(32)31(17-4-2-3-16(23)12-17)13-15-6-5-14(11-18(15)24)20-27-28-21(33-20)19(25)26/h2-6,11-12,19H,7-10,13H2,1H3. The first-order valence-corrected chi connectivity index (χ1v) is 10.3. The molecule has 0 unspecified atom stereocenters. The maximum atomic E-state index is 15.0. The first-order valence-electron chi connectivity index (χ1n) is 10.3. The molecule has 0 spiro atoms. The second-order valence-corrected chi connectivity index (χ2v) is 7.81. The van der Waals surface area contributed by atoms with Crippen molar-refractivity contribution in [2.45, 2.75) is 13.0 Å². The molecule has 3 aromatic rings. The zero-order valence-electron chi connectivity index (χ0n) is 17.9. The fourth-order valence-corrected chi connectivity index (χ4v) is 3.55. The zero-order valence-corrected chi connectivity index (χ0v) is 17.9. The van der Waals surface area contributed by atoms with Gasteiger partial charge in [-0.2, -0.15) is 8.78 Å². The minimum atomic E-state index is -2.91. The maximum absolute atomic E-state index is 15.0. The van der Waals surface area contributed by atoms with Crippen molar-refractivity contribution >= 4 is 25.0 Å². The van der Waals surface area contributed by atoms with Crippen LogP contribution >= 0.6 is 0 Å². The van der Waals surface area contributed by atoms with E-state index in [4.69, 9.17) is 12.3 Å². The average molecular weight is 455 g/mol. The number of rotatable bonds is 5. The van der Waals surface area contributed by atoms with Gasteiger partial charge in [0.25, 0.3) is 5.89 Å². The molecular formula is C22H21BF3N5O2. The van der Waals surface area contributed by atoms with Gasteiger partial charge in [0.15, 0.2) is 0 Å². The SMILES string of the molecule is [B]c1cccc(N(Cc2ccc(-c3nnc(C(F)F)o3)cc2F)C(=O)N2CCN(C)CC2)c1. The molecule has 1 saturated heterocycles. The van der Waals surface area contributed by atoms with Gasteiger partial charge in [-0.15, -0.1) is 10.2 Å². The first kappa shape index (κ1) is 22.8. The third kappa shape index (κ3) is 5.19. The van der Waals surface area contributed by atoms with Crippen molar-refractivity contribution in [2.75, 3.05) is 38.1 Å². The second kappa shape index (κ2) is 9.66. The van der Waals surface area contributed by atoms with E-state index in [1.165, 1.54) is 17.0 Å². The zero-order chi connectivity index (χ0) is 23.5. The molecule has 0 aliphatic carbocycles. The number of piperazine rings is 1. The maximum Gasteiger partial charge on any atom is 0.324 e. The number of anilines is 1. The van der Waals surface area contributed by atoms with Crippen LogP contribution < -0.4 is 10.4 Å². The van der Waals surface area contributed by atoms with Crippen molar-refractivity contribution < 1.29 is 22.4 Å². The summed E-state index contributed by atoms with van der Waals surface area (Å²) in [6.07, 6.45) is -2.91. The van der Waals surface area contributed by atoms with Gasteiger partial charge in [-0.05, 0) is 31.3 Å². The number of hydrogen-bond acceptors (Lipinski definition) is 5. The molecule has 2 amide bonds. The molecule has 0 bridgehead atoms. The van der Waals surface area contributed by atoms with Crippen LogP contribution in [-0.4, -0.2) is 67.1 Å². The molecule has 1 aromatic heterocycles. The van der Waals surface area contributed by atoms with Gasteiger partial charge >= 0.3 is 12.5 Å². The summed E-state index contributed by atoms with van der Waals surface area (Å²) in [6.45, 7) is 2.54. The lowest BCUT2D eigenvalue weighted by atomic mass is 9.96. The van der Waals surface area contributed by atoms with Crippen LogP contribution in [-0.2, 0) is 6.54 Å². The second-order valence-electron chi connectivity index (χ2n) is 7.81. The van der Waals surface area contributed by atoms with Crippen molar-refractivity contribution in [1.29, 1.82) is 0 Å². The average Bonchev–Trinajstić information content (AvgIpc) is 3.29. The Kier molecular flexibility index (Phi) is 6.68. The van der Waals surface area contributed by atoms with Crippen molar-refractivity contribution in [3.63, 3.8) is 0 Å². The van der Waals surface area contributed by atoms with Gasteiger partial charge < -0.3 is 14.2 Å². The highest BCUT2D eigenvalue weighted by molar-refractivity contribution is 6.32. The first-order chi connectivity index (χ1) is 15.8. The summed E-state index contributed by atoms with van der Waals surface area (Å²) in [5.74, 6) is -1.68. The Balaban J connectivity index is 1.60. The van der Waals surface area contributed by atoms with Crippen molar-refractivity contribution in [3.8, 4) is 11.5 Å². The number of halogens is 3. The number of alkyl halides is 2. The summed E-state index contributed by atoms with van der Waals surface area (Å²) >= 11 is 0. The number of benzene rings is 2. The molecule has 2 aromatic carbocycles. The fourth-order valence-electron chi connectivity index (χ4n) is 3.55. The van der Waals surface area contributed by atoms with Gasteiger partial charge in [0.05, 0.1) is 6.54 Å². The smallest absolute Gasteiger partial charge is 0.324 e. The predicted molar refractivity (Wildman–Crippen MR) is 117 cm³/mol. The van der Waals surface area contributed by atoms with E-state index in [2.05, 4.69) is 15.1 Å². The van der Waals surface area contributed by atoms with Crippen molar-refractivity contribution in [3.05, 3.63) is 59.7 Å². The molecule has 1 fully saturated rings. The highest BCUT2D eigenvalue weighted by Gasteiger charge is 2.26. The monoisotopic (exact) mass is 455 g/mol. The van der Waals surface area contributed by atoms with E-state index in [1.54, 1.807) is 29.2 Å². The lowest BCUT2D eigenvalue weighted by Crippen LogP contribution is -2.52. The van der Waals surface area contributed by atoms with Gasteiger partial charge in [0.1, 0.15) is 13.7 Å². The van der Waals surface area contributed by atoms with E-state index in [9.17, 15) is 18.0 Å². The third-order valence-corrected chi connectivity index (χ3v) is 5.44. The summed E-state index contributed by atoms with van der Waals surface area (Å²) in [7, 11) is 7.90. The molecule has 4 rings (SSSR count). The number of aromatic nitrogens is 2. The Morgan fingerprint density at radius 1 is 1.15 bits per heavy atom. The largest absolute Gasteiger partial charge is 0.415 e. The fraction of sp³-hybridized carbons (Fsp3) is 0.318. The molecule has 11 heteroatoms. The van der Waals surface area contributed by atoms with E-state index in [1.807, 2.05) is 7.05 Å². The molecule has 0 N–H and O–H groups in total. The predicted octanol–water partition coefficient (Wildman–Crippen LogP) is 2.98. The highest BCUT2D eigenvalue weighted by Crippen LogP contribution is 2.26. The molecule has 2 heterocycles. The molecule has 1 aliphatic heterocycles. The van der Waals surface area contributed by atoms with Crippen molar-refractivity contribution in [1.82, 2.24) is 20.0 Å². The molecule has 7 nitrogen and oxygen atoms in total. The quantitative estimate of drug-likeness (QED) is 0.554. The van der Waals surface area contributed by atoms with E-state index in [0.29, 0.717) is 24.2 Å². The molecule has 33 heavy (non-hydrogen) atoms. The summed E-state index contributed by atoms with van der Waals surface area (Å²) in [6, 6.07) is 10.6. The van der Waals surface area contributed by atoms with Crippen LogP contribution in [0.2, 0.25) is 0 Å². The van der Waals surface area contributed by atoms with Gasteiger partial charge in [0.2, 0.25) is 5.89 Å². The Hall–Kier alpha value is -3.34. The van der Waals surface area contributed by atoms with Gasteiger partial charge in [-0.25, -0.2) is 9.18 Å². The molecule has 170 valence electrons. The number of urea groups is 1. The minimum Gasteiger partial charge on any atom is -0.415 e. The van der Waals surface area contributed by atoms with Crippen LogP contribution in [0, 0.1) is 5.82 Å². The minimum absolute atomic E-state index is 0.0488. The number of likely N-dealkylation sites (N-methyl/N-ethyl adjacent to an activating group) is 1. The Morgan fingerprint density at radius 3 is 2.55 bits per heavy atom. The Morgan fingerprint density at radius 2 is 1.91 bits per heavy atom. The van der Waals surface area contributed by atoms with Crippen LogP contribution in [0.25, 0.3) is 11.5 Å². The number of amides is 2. The topological polar surface area (TPSA) is 65.7 Å². The third-order valence-electron chi connectivity index (χ3n) is 5.44. The normalized spacial score (nSPS) is 14.6. The number of carbonyl (C=O) groups excluding carboxylic acids is 1. The van der Waals surface area contributed by atoms with Gasteiger partial charge in [-0.3, -0.25) is 4.90 Å². The van der Waals surface area contributed by atoms with Crippen LogP contribution in [0.4, 0.5) is 23.7 Å². The molecule has 0 atom stereocenters. The number of nitrogens with zero attached hydrogens (tertiary/aromatic N) is 5. The molecular weight excluding hydrogens is 434 g/mol. The summed E-state index contributed by atoms with van der Waals surface area (Å²) < 4.78 is 45.3. The van der Waals surface area contributed by atoms with Gasteiger partial charge in [-0.1, -0.05) is 23.7 Å².